The van der Waals surface area contributed by atoms with Crippen molar-refractivity contribution in [3.05, 3.63) is 71.9 Å². The summed E-state index contributed by atoms with van der Waals surface area (Å²) < 4.78 is 28.0. The van der Waals surface area contributed by atoms with Crippen LogP contribution in [0.25, 0.3) is 11.3 Å². The Balaban J connectivity index is 1.72. The molecular weight excluding hydrogens is 514 g/mol. The molecule has 212 valence electrons. The Morgan fingerprint density at radius 2 is 1.68 bits per heavy atom. The summed E-state index contributed by atoms with van der Waals surface area (Å²) in [5.41, 5.74) is 2.37. The maximum atomic E-state index is 13.8. The fraction of sp³-hybridized carbons (Fsp3) is 0.367. The maximum absolute atomic E-state index is 13.8. The number of amides is 2. The number of benzene rings is 2. The van der Waals surface area contributed by atoms with E-state index in [2.05, 4.69) is 15.6 Å². The summed E-state index contributed by atoms with van der Waals surface area (Å²) in [6, 6.07) is 15.5. The van der Waals surface area contributed by atoms with Crippen LogP contribution in [0.5, 0.6) is 11.5 Å². The number of hydrogen-bond donors (Lipinski definition) is 2. The van der Waals surface area contributed by atoms with Crippen LogP contribution in [0, 0.1) is 0 Å². The lowest BCUT2D eigenvalue weighted by Gasteiger charge is -2.24. The average molecular weight is 550 g/mol. The van der Waals surface area contributed by atoms with E-state index < -0.39 is 29.9 Å². The minimum atomic E-state index is -0.942. The van der Waals surface area contributed by atoms with Gasteiger partial charge < -0.3 is 34.3 Å². The molecule has 1 atom stereocenters. The van der Waals surface area contributed by atoms with Gasteiger partial charge in [0.05, 0.1) is 38.8 Å². The number of alkyl carbamates (subject to hydrolysis) is 1. The Hall–Kier alpha value is -4.15. The van der Waals surface area contributed by atoms with Crippen LogP contribution in [0.4, 0.5) is 10.5 Å². The Morgan fingerprint density at radius 3 is 2.33 bits per heavy atom. The largest absolute Gasteiger partial charge is 0.493 e. The molecule has 1 aromatic heterocycles. The number of anilines is 1. The first-order valence-corrected chi connectivity index (χ1v) is 13.0. The molecule has 2 heterocycles. The molecule has 0 aliphatic carbocycles. The van der Waals surface area contributed by atoms with E-state index in [0.717, 1.165) is 5.56 Å². The number of hydrogen-bond acceptors (Lipinski definition) is 8. The Bertz CT molecular complexity index is 1320. The highest BCUT2D eigenvalue weighted by Crippen LogP contribution is 2.41. The van der Waals surface area contributed by atoms with E-state index >= 15 is 0 Å². The minimum absolute atomic E-state index is 0.243. The van der Waals surface area contributed by atoms with Gasteiger partial charge in [-0.2, -0.15) is 0 Å². The second-order valence-electron chi connectivity index (χ2n) is 10.1. The van der Waals surface area contributed by atoms with Crippen molar-refractivity contribution in [1.29, 1.82) is 0 Å². The number of nitrogens with one attached hydrogen (secondary N) is 2. The zero-order valence-corrected chi connectivity index (χ0v) is 23.4. The number of aromatic nitrogens is 1. The maximum Gasteiger partial charge on any atom is 0.408 e. The summed E-state index contributed by atoms with van der Waals surface area (Å²) in [7, 11) is 3.04. The van der Waals surface area contributed by atoms with E-state index in [9.17, 15) is 9.59 Å². The van der Waals surface area contributed by atoms with E-state index in [4.69, 9.17) is 23.7 Å². The zero-order chi connectivity index (χ0) is 28.7. The molecule has 0 bridgehead atoms. The smallest absolute Gasteiger partial charge is 0.408 e. The number of ether oxygens (including phenoxy) is 5. The molecule has 2 N–H and O–H groups in total. The van der Waals surface area contributed by atoms with Crippen LogP contribution in [0.1, 0.15) is 38.2 Å². The topological polar surface area (TPSA) is 117 Å². The Labute approximate surface area is 233 Å². The van der Waals surface area contributed by atoms with Gasteiger partial charge in [-0.05, 0) is 38.5 Å². The highest BCUT2D eigenvalue weighted by atomic mass is 16.7. The van der Waals surface area contributed by atoms with Crippen LogP contribution in [-0.2, 0) is 25.4 Å². The van der Waals surface area contributed by atoms with Gasteiger partial charge in [0.15, 0.2) is 17.8 Å². The van der Waals surface area contributed by atoms with Gasteiger partial charge in [-0.3, -0.25) is 9.78 Å². The number of pyridine rings is 1. The molecule has 3 aromatic rings. The summed E-state index contributed by atoms with van der Waals surface area (Å²) in [4.78, 5) is 31.1. The number of rotatable bonds is 9. The summed E-state index contributed by atoms with van der Waals surface area (Å²) in [6.07, 6.45) is 0.601. The van der Waals surface area contributed by atoms with Crippen molar-refractivity contribution in [2.75, 3.05) is 32.8 Å². The van der Waals surface area contributed by atoms with Crippen molar-refractivity contribution >= 4 is 17.7 Å². The quantitative estimate of drug-likeness (QED) is 0.388. The molecule has 1 fully saturated rings. The predicted molar refractivity (Wildman–Crippen MR) is 149 cm³/mol. The molecule has 2 aromatic carbocycles. The lowest BCUT2D eigenvalue weighted by molar-refractivity contribution is -0.118. The summed E-state index contributed by atoms with van der Waals surface area (Å²) in [6.45, 7) is 6.21. The average Bonchev–Trinajstić information content (AvgIpc) is 3.47. The molecule has 0 spiro atoms. The third-order valence-corrected chi connectivity index (χ3v) is 6.04. The molecule has 40 heavy (non-hydrogen) atoms. The number of methoxy groups -OCH3 is 2. The molecule has 0 radical (unpaired) electrons. The molecule has 1 aliphatic heterocycles. The van der Waals surface area contributed by atoms with E-state index in [1.54, 1.807) is 45.2 Å². The van der Waals surface area contributed by atoms with E-state index in [0.29, 0.717) is 47.2 Å². The van der Waals surface area contributed by atoms with Crippen molar-refractivity contribution in [3.63, 3.8) is 0 Å². The third kappa shape index (κ3) is 7.28. The molecule has 1 saturated heterocycles. The van der Waals surface area contributed by atoms with Crippen molar-refractivity contribution in [3.8, 4) is 22.8 Å². The van der Waals surface area contributed by atoms with Crippen molar-refractivity contribution < 1.29 is 33.3 Å². The number of carbonyl (C=O) groups is 2. The first-order valence-electron chi connectivity index (χ1n) is 13.0. The summed E-state index contributed by atoms with van der Waals surface area (Å²) >= 11 is 0. The molecule has 10 nitrogen and oxygen atoms in total. The standard InChI is InChI=1S/C30H35N3O7/c1-30(2,3)40-29(35)33-23(16-19-10-7-6-8-11-19)27(34)32-22-18-25(37-5)24(36-4)17-21(22)26-20(12-9-13-31-26)28-38-14-15-39-28/h6-13,17-18,23,28H,14-16H2,1-5H3,(H,32,34)(H,33,35)/t23-/m1/s1. The second-order valence-corrected chi connectivity index (χ2v) is 10.1. The summed E-state index contributed by atoms with van der Waals surface area (Å²) in [5.74, 6) is 0.411. The molecule has 1 aliphatic rings. The van der Waals surface area contributed by atoms with E-state index in [-0.39, 0.29) is 6.42 Å². The van der Waals surface area contributed by atoms with Crippen LogP contribution in [0.3, 0.4) is 0 Å². The van der Waals surface area contributed by atoms with Crippen molar-refractivity contribution in [2.45, 2.75) is 45.1 Å². The van der Waals surface area contributed by atoms with Gasteiger partial charge in [0.1, 0.15) is 11.6 Å². The van der Waals surface area contributed by atoms with Gasteiger partial charge in [0.2, 0.25) is 5.91 Å². The highest BCUT2D eigenvalue weighted by molar-refractivity contribution is 6.00. The molecular formula is C30H35N3O7. The van der Waals surface area contributed by atoms with Crippen molar-refractivity contribution in [2.24, 2.45) is 0 Å². The fourth-order valence-electron chi connectivity index (χ4n) is 4.28. The number of nitrogens with zero attached hydrogens (tertiary/aromatic N) is 1. The van der Waals surface area contributed by atoms with Gasteiger partial charge in [-0.15, -0.1) is 0 Å². The van der Waals surface area contributed by atoms with E-state index in [1.807, 2.05) is 36.4 Å². The molecule has 0 saturated carbocycles. The predicted octanol–water partition coefficient (Wildman–Crippen LogP) is 4.89. The highest BCUT2D eigenvalue weighted by Gasteiger charge is 2.28. The molecule has 0 unspecified atom stereocenters. The van der Waals surface area contributed by atoms with Crippen LogP contribution < -0.4 is 20.1 Å². The lowest BCUT2D eigenvalue weighted by Crippen LogP contribution is -2.47. The van der Waals surface area contributed by atoms with Gasteiger partial charge in [0.25, 0.3) is 0 Å². The molecule has 4 rings (SSSR count). The summed E-state index contributed by atoms with van der Waals surface area (Å²) in [5, 5.41) is 5.70. The van der Waals surface area contributed by atoms with Gasteiger partial charge in [0, 0.05) is 29.8 Å². The monoisotopic (exact) mass is 549 g/mol. The molecule has 10 heteroatoms. The Morgan fingerprint density at radius 1 is 1.00 bits per heavy atom. The van der Waals surface area contributed by atoms with Gasteiger partial charge in [-0.1, -0.05) is 36.4 Å². The van der Waals surface area contributed by atoms with Crippen LogP contribution in [0.2, 0.25) is 0 Å². The SMILES string of the molecule is COc1cc(NC(=O)[C@@H](Cc2ccccc2)NC(=O)OC(C)(C)C)c(-c2ncccc2C2OCCO2)cc1OC. The van der Waals surface area contributed by atoms with Crippen LogP contribution in [-0.4, -0.2) is 56.1 Å². The van der Waals surface area contributed by atoms with Crippen LogP contribution >= 0.6 is 0 Å². The first-order chi connectivity index (χ1) is 19.2. The lowest BCUT2D eigenvalue weighted by atomic mass is 10.0. The van der Waals surface area contributed by atoms with Gasteiger partial charge >= 0.3 is 6.09 Å². The zero-order valence-electron chi connectivity index (χ0n) is 23.4. The van der Waals surface area contributed by atoms with E-state index in [1.165, 1.54) is 14.2 Å². The second kappa shape index (κ2) is 12.8. The van der Waals surface area contributed by atoms with Crippen molar-refractivity contribution in [1.82, 2.24) is 10.3 Å². The first kappa shape index (κ1) is 28.8. The molecule has 2 amide bonds. The van der Waals surface area contributed by atoms with Gasteiger partial charge in [-0.25, -0.2) is 4.79 Å². The minimum Gasteiger partial charge on any atom is -0.493 e. The normalized spacial score (nSPS) is 14.3. The van der Waals surface area contributed by atoms with Crippen LogP contribution in [0.15, 0.2) is 60.8 Å². The third-order valence-electron chi connectivity index (χ3n) is 6.04. The fourth-order valence-corrected chi connectivity index (χ4v) is 4.28. The number of carbonyl (C=O) groups excluding carboxylic acids is 2. The Kier molecular flexibility index (Phi) is 9.23.